The molecule has 2 N–H and O–H groups in total. The van der Waals surface area contributed by atoms with Crippen molar-refractivity contribution in [3.63, 3.8) is 0 Å². The number of rotatable bonds is 4. The summed E-state index contributed by atoms with van der Waals surface area (Å²) < 4.78 is 10.4. The highest BCUT2D eigenvalue weighted by Crippen LogP contribution is 2.34. The molecule has 2 rings (SSSR count). The quantitative estimate of drug-likeness (QED) is 0.743. The highest BCUT2D eigenvalue weighted by Gasteiger charge is 2.45. The molecule has 5 nitrogen and oxygen atoms in total. The van der Waals surface area contributed by atoms with Crippen molar-refractivity contribution in [2.45, 2.75) is 50.3 Å². The van der Waals surface area contributed by atoms with Gasteiger partial charge in [0, 0.05) is 26.2 Å². The number of hydrogen-bond acceptors (Lipinski definition) is 5. The third kappa shape index (κ3) is 2.68. The van der Waals surface area contributed by atoms with Crippen molar-refractivity contribution in [1.82, 2.24) is 4.90 Å². The lowest BCUT2D eigenvalue weighted by Crippen LogP contribution is -2.48. The normalized spacial score (nSPS) is 37.1. The second kappa shape index (κ2) is 5.55. The van der Waals surface area contributed by atoms with Gasteiger partial charge in [-0.15, -0.1) is 0 Å². The summed E-state index contributed by atoms with van der Waals surface area (Å²) in [6, 6.07) is 0.402. The zero-order valence-electron chi connectivity index (χ0n) is 11.4. The van der Waals surface area contributed by atoms with Crippen LogP contribution in [0.25, 0.3) is 0 Å². The molecule has 3 unspecified atom stereocenters. The third-order valence-electron chi connectivity index (χ3n) is 4.23. The molecule has 1 aliphatic carbocycles. The van der Waals surface area contributed by atoms with Crippen molar-refractivity contribution >= 4 is 5.97 Å². The topological polar surface area (TPSA) is 64.8 Å². The van der Waals surface area contributed by atoms with Crippen LogP contribution in [0.15, 0.2) is 0 Å². The lowest BCUT2D eigenvalue weighted by Gasteiger charge is -2.26. The molecule has 104 valence electrons. The van der Waals surface area contributed by atoms with Gasteiger partial charge in [-0.3, -0.25) is 9.69 Å². The first-order chi connectivity index (χ1) is 8.59. The molecular weight excluding hydrogens is 232 g/mol. The molecule has 1 aliphatic heterocycles. The Balaban J connectivity index is 1.90. The minimum absolute atomic E-state index is 0.241. The first-order valence-corrected chi connectivity index (χ1v) is 6.82. The molecule has 2 fully saturated rings. The maximum absolute atomic E-state index is 11.9. The molecule has 18 heavy (non-hydrogen) atoms. The Kier molecular flexibility index (Phi) is 4.25. The van der Waals surface area contributed by atoms with Crippen LogP contribution in [0.3, 0.4) is 0 Å². The van der Waals surface area contributed by atoms with Gasteiger partial charge in [0.1, 0.15) is 5.54 Å². The number of nitrogens with zero attached hydrogens (tertiary/aromatic N) is 1. The highest BCUT2D eigenvalue weighted by atomic mass is 16.5. The van der Waals surface area contributed by atoms with Crippen LogP contribution in [0.2, 0.25) is 0 Å². The SMILES string of the molecule is CCOC(=O)C1(N)CCC(N2CCC(OC)C2)C1. The van der Waals surface area contributed by atoms with Gasteiger partial charge in [0.05, 0.1) is 12.7 Å². The fourth-order valence-corrected chi connectivity index (χ4v) is 3.10. The zero-order chi connectivity index (χ0) is 13.2. The standard InChI is InChI=1S/C13H24N2O3/c1-3-18-12(16)13(14)6-4-10(8-13)15-7-5-11(9-15)17-2/h10-11H,3-9,14H2,1-2H3. The largest absolute Gasteiger partial charge is 0.465 e. The van der Waals surface area contributed by atoms with Crippen molar-refractivity contribution in [3.8, 4) is 0 Å². The lowest BCUT2D eigenvalue weighted by molar-refractivity contribution is -0.149. The van der Waals surface area contributed by atoms with Crippen molar-refractivity contribution in [2.24, 2.45) is 5.73 Å². The van der Waals surface area contributed by atoms with Crippen LogP contribution in [0.1, 0.15) is 32.6 Å². The number of esters is 1. The Hall–Kier alpha value is -0.650. The van der Waals surface area contributed by atoms with Gasteiger partial charge in [0.2, 0.25) is 0 Å². The maximum atomic E-state index is 11.9. The van der Waals surface area contributed by atoms with Crippen LogP contribution in [0, 0.1) is 0 Å². The third-order valence-corrected chi connectivity index (χ3v) is 4.23. The van der Waals surface area contributed by atoms with E-state index in [-0.39, 0.29) is 5.97 Å². The average Bonchev–Trinajstić information content (AvgIpc) is 2.96. The van der Waals surface area contributed by atoms with Crippen LogP contribution in [0.4, 0.5) is 0 Å². The van der Waals surface area contributed by atoms with Crippen molar-refractivity contribution in [1.29, 1.82) is 0 Å². The molecule has 2 aliphatic rings. The Morgan fingerprint density at radius 1 is 1.50 bits per heavy atom. The summed E-state index contributed by atoms with van der Waals surface area (Å²) >= 11 is 0. The molecule has 1 saturated heterocycles. The highest BCUT2D eigenvalue weighted by molar-refractivity contribution is 5.81. The van der Waals surface area contributed by atoms with Gasteiger partial charge in [0.15, 0.2) is 0 Å². The zero-order valence-corrected chi connectivity index (χ0v) is 11.4. The monoisotopic (exact) mass is 256 g/mol. The molecule has 0 bridgehead atoms. The number of hydrogen-bond donors (Lipinski definition) is 1. The van der Waals surface area contributed by atoms with E-state index in [1.807, 2.05) is 6.92 Å². The fraction of sp³-hybridized carbons (Fsp3) is 0.923. The smallest absolute Gasteiger partial charge is 0.326 e. The van der Waals surface area contributed by atoms with E-state index in [1.165, 1.54) is 0 Å². The summed E-state index contributed by atoms with van der Waals surface area (Å²) in [6.45, 7) is 4.22. The van der Waals surface area contributed by atoms with Gasteiger partial charge in [-0.1, -0.05) is 0 Å². The van der Waals surface area contributed by atoms with Gasteiger partial charge in [0.25, 0.3) is 0 Å². The average molecular weight is 256 g/mol. The van der Waals surface area contributed by atoms with E-state index in [1.54, 1.807) is 7.11 Å². The molecule has 0 amide bonds. The minimum atomic E-state index is -0.772. The summed E-state index contributed by atoms with van der Waals surface area (Å²) in [4.78, 5) is 14.3. The second-order valence-electron chi connectivity index (χ2n) is 5.41. The number of carbonyl (C=O) groups is 1. The van der Waals surface area contributed by atoms with Crippen LogP contribution < -0.4 is 5.73 Å². The molecule has 1 heterocycles. The van der Waals surface area contributed by atoms with Gasteiger partial charge < -0.3 is 15.2 Å². The van der Waals surface area contributed by atoms with E-state index in [4.69, 9.17) is 15.2 Å². The van der Waals surface area contributed by atoms with Crippen molar-refractivity contribution in [2.75, 3.05) is 26.8 Å². The van der Waals surface area contributed by atoms with Crippen LogP contribution in [0.5, 0.6) is 0 Å². The van der Waals surface area contributed by atoms with E-state index in [0.29, 0.717) is 25.2 Å². The Labute approximate surface area is 109 Å². The number of likely N-dealkylation sites (tertiary alicyclic amines) is 1. The molecule has 0 aromatic heterocycles. The van der Waals surface area contributed by atoms with Gasteiger partial charge in [-0.25, -0.2) is 0 Å². The Morgan fingerprint density at radius 2 is 2.28 bits per heavy atom. The van der Waals surface area contributed by atoms with Crippen LogP contribution in [-0.4, -0.2) is 55.4 Å². The predicted molar refractivity (Wildman–Crippen MR) is 68.2 cm³/mol. The van der Waals surface area contributed by atoms with E-state index in [9.17, 15) is 4.79 Å². The molecule has 5 heteroatoms. The van der Waals surface area contributed by atoms with Crippen molar-refractivity contribution in [3.05, 3.63) is 0 Å². The Morgan fingerprint density at radius 3 is 2.89 bits per heavy atom. The van der Waals surface area contributed by atoms with Crippen LogP contribution in [-0.2, 0) is 14.3 Å². The fourth-order valence-electron chi connectivity index (χ4n) is 3.10. The van der Waals surface area contributed by atoms with Gasteiger partial charge in [-0.05, 0) is 32.6 Å². The lowest BCUT2D eigenvalue weighted by atomic mass is 9.99. The number of methoxy groups -OCH3 is 1. The molecule has 0 aromatic carbocycles. The van der Waals surface area contributed by atoms with Crippen molar-refractivity contribution < 1.29 is 14.3 Å². The second-order valence-corrected chi connectivity index (χ2v) is 5.41. The summed E-state index contributed by atoms with van der Waals surface area (Å²) in [5.74, 6) is -0.241. The summed E-state index contributed by atoms with van der Waals surface area (Å²) in [7, 11) is 1.76. The first kappa shape index (κ1) is 13.8. The Bertz CT molecular complexity index is 311. The van der Waals surface area contributed by atoms with E-state index < -0.39 is 5.54 Å². The molecule has 0 aromatic rings. The molecule has 3 atom stereocenters. The summed E-state index contributed by atoms with van der Waals surface area (Å²) in [6.07, 6.45) is 3.82. The summed E-state index contributed by atoms with van der Waals surface area (Å²) in [5, 5.41) is 0. The molecule has 0 spiro atoms. The summed E-state index contributed by atoms with van der Waals surface area (Å²) in [5.41, 5.74) is 5.41. The minimum Gasteiger partial charge on any atom is -0.465 e. The maximum Gasteiger partial charge on any atom is 0.326 e. The molecular formula is C13H24N2O3. The molecule has 1 saturated carbocycles. The predicted octanol–water partition coefficient (Wildman–Crippen LogP) is 0.520. The van der Waals surface area contributed by atoms with Gasteiger partial charge in [-0.2, -0.15) is 0 Å². The number of ether oxygens (including phenoxy) is 2. The van der Waals surface area contributed by atoms with Crippen LogP contribution >= 0.6 is 0 Å². The number of nitrogens with two attached hydrogens (primary N) is 1. The first-order valence-electron chi connectivity index (χ1n) is 6.82. The van der Waals surface area contributed by atoms with E-state index >= 15 is 0 Å². The molecule has 0 radical (unpaired) electrons. The number of carbonyl (C=O) groups excluding carboxylic acids is 1. The van der Waals surface area contributed by atoms with E-state index in [0.717, 1.165) is 32.4 Å². The van der Waals surface area contributed by atoms with E-state index in [2.05, 4.69) is 4.90 Å². The van der Waals surface area contributed by atoms with Gasteiger partial charge >= 0.3 is 5.97 Å².